The fraction of sp³-hybridized carbons (Fsp3) is 0.654. The van der Waals surface area contributed by atoms with E-state index in [1.165, 1.54) is 65.4 Å². The van der Waals surface area contributed by atoms with Crippen molar-refractivity contribution in [3.05, 3.63) is 23.8 Å². The third-order valence-corrected chi connectivity index (χ3v) is 8.15. The lowest BCUT2D eigenvalue weighted by molar-refractivity contribution is -0.149. The van der Waals surface area contributed by atoms with Crippen LogP contribution in [-0.2, 0) is 9.53 Å². The van der Waals surface area contributed by atoms with Crippen LogP contribution < -0.4 is 9.47 Å². The van der Waals surface area contributed by atoms with Gasteiger partial charge in [-0.25, -0.2) is 4.79 Å². The zero-order chi connectivity index (χ0) is 22.9. The number of piperidine rings is 4. The molecule has 0 spiro atoms. The van der Waals surface area contributed by atoms with Gasteiger partial charge in [-0.15, -0.1) is 0 Å². The summed E-state index contributed by atoms with van der Waals surface area (Å²) in [5.74, 6) is 0.216. The topological polar surface area (TPSA) is 71.5 Å². The monoisotopic (exact) mass is 456 g/mol. The van der Waals surface area contributed by atoms with E-state index < -0.39 is 0 Å². The highest BCUT2D eigenvalue weighted by Crippen LogP contribution is 2.42. The second kappa shape index (κ2) is 9.55. The van der Waals surface area contributed by atoms with Crippen LogP contribution in [0.15, 0.2) is 18.2 Å². The largest absolute Gasteiger partial charge is 0.502 e. The Morgan fingerprint density at radius 2 is 1.55 bits per heavy atom. The van der Waals surface area contributed by atoms with E-state index in [0.29, 0.717) is 35.2 Å². The molecule has 0 aliphatic carbocycles. The summed E-state index contributed by atoms with van der Waals surface area (Å²) < 4.78 is 16.2. The average Bonchev–Trinajstić information content (AvgIpc) is 2.83. The first-order chi connectivity index (χ1) is 16.1. The second-order valence-corrected chi connectivity index (χ2v) is 9.98. The molecule has 0 saturated carbocycles. The Morgan fingerprint density at radius 3 is 2.24 bits per heavy atom. The molecule has 1 unspecified atom stereocenters. The zero-order valence-corrected chi connectivity index (χ0v) is 19.7. The number of ether oxygens (including phenoxy) is 3. The number of phenolic OH excluding ortho intramolecular Hbond substituents is 1. The fourth-order valence-corrected chi connectivity index (χ4v) is 6.66. The summed E-state index contributed by atoms with van der Waals surface area (Å²) in [5, 5.41) is 10.1. The van der Waals surface area contributed by atoms with Gasteiger partial charge >= 0.3 is 5.97 Å². The lowest BCUT2D eigenvalue weighted by Gasteiger charge is -2.58. The average molecular weight is 457 g/mol. The number of carbonyl (C=O) groups is 1. The standard InChI is InChI=1S/C26H36N2O5/c1-31-23-11-17(12-24(32-2)26(23)30)6-7-25(29)33-22-8-10-28-19-13-18-5-3-4-9-27(18)20(14-19)15-21(28)16-22/h6-7,11-12,18-22,30H,3-5,8-10,13-16H2,1-2H3/b7-6-/t18-,19+,20+,21-,22?/m1/s1. The maximum atomic E-state index is 12.6. The summed E-state index contributed by atoms with van der Waals surface area (Å²) in [4.78, 5) is 18.1. The molecule has 1 aromatic carbocycles. The minimum absolute atomic E-state index is 0.0248. The predicted molar refractivity (Wildman–Crippen MR) is 126 cm³/mol. The van der Waals surface area contributed by atoms with E-state index in [4.69, 9.17) is 14.2 Å². The van der Waals surface area contributed by atoms with Crippen molar-refractivity contribution >= 4 is 12.0 Å². The molecule has 5 rings (SSSR count). The van der Waals surface area contributed by atoms with Gasteiger partial charge in [0.1, 0.15) is 6.10 Å². The van der Waals surface area contributed by atoms with Gasteiger partial charge in [-0.2, -0.15) is 0 Å². The lowest BCUT2D eigenvalue weighted by atomic mass is 9.76. The van der Waals surface area contributed by atoms with Gasteiger partial charge in [-0.1, -0.05) is 6.42 Å². The summed E-state index contributed by atoms with van der Waals surface area (Å²) in [6.07, 6.45) is 12.9. The van der Waals surface area contributed by atoms with Crippen LogP contribution >= 0.6 is 0 Å². The number of hydrogen-bond acceptors (Lipinski definition) is 7. The molecule has 7 heteroatoms. The molecule has 7 nitrogen and oxygen atoms in total. The van der Waals surface area contributed by atoms with Gasteiger partial charge in [0.15, 0.2) is 11.5 Å². The van der Waals surface area contributed by atoms with Gasteiger partial charge < -0.3 is 19.3 Å². The Hall–Kier alpha value is -2.25. The van der Waals surface area contributed by atoms with Crippen molar-refractivity contribution in [3.63, 3.8) is 0 Å². The van der Waals surface area contributed by atoms with Crippen molar-refractivity contribution in [1.29, 1.82) is 0 Å². The molecule has 33 heavy (non-hydrogen) atoms. The smallest absolute Gasteiger partial charge is 0.331 e. The van der Waals surface area contributed by atoms with E-state index in [1.807, 2.05) is 0 Å². The van der Waals surface area contributed by atoms with Crippen LogP contribution in [0.1, 0.15) is 56.9 Å². The Bertz CT molecular complexity index is 878. The third kappa shape index (κ3) is 4.58. The number of nitrogens with zero attached hydrogens (tertiary/aromatic N) is 2. The van der Waals surface area contributed by atoms with Gasteiger partial charge in [0.25, 0.3) is 0 Å². The number of aromatic hydroxyl groups is 1. The number of rotatable bonds is 5. The van der Waals surface area contributed by atoms with Crippen molar-refractivity contribution in [2.24, 2.45) is 0 Å². The molecule has 5 atom stereocenters. The van der Waals surface area contributed by atoms with Crippen LogP contribution in [0.2, 0.25) is 0 Å². The molecule has 0 amide bonds. The van der Waals surface area contributed by atoms with Crippen molar-refractivity contribution in [2.75, 3.05) is 27.3 Å². The Labute approximate surface area is 196 Å². The molecular weight excluding hydrogens is 420 g/mol. The van der Waals surface area contributed by atoms with Crippen LogP contribution in [-0.4, -0.2) is 78.5 Å². The van der Waals surface area contributed by atoms with E-state index >= 15 is 0 Å². The summed E-state index contributed by atoms with van der Waals surface area (Å²) in [5.41, 5.74) is 0.699. The van der Waals surface area contributed by atoms with Crippen molar-refractivity contribution in [3.8, 4) is 17.2 Å². The number of carbonyl (C=O) groups excluding carboxylic acids is 1. The third-order valence-electron chi connectivity index (χ3n) is 8.15. The van der Waals surface area contributed by atoms with Gasteiger partial charge in [0.2, 0.25) is 5.75 Å². The number of methoxy groups -OCH3 is 2. The quantitative estimate of drug-likeness (QED) is 0.536. The van der Waals surface area contributed by atoms with Gasteiger partial charge in [0, 0.05) is 43.2 Å². The summed E-state index contributed by atoms with van der Waals surface area (Å²) in [6.45, 7) is 2.30. The number of benzene rings is 1. The van der Waals surface area contributed by atoms with Crippen LogP contribution in [0, 0.1) is 0 Å². The van der Waals surface area contributed by atoms with Crippen LogP contribution in [0.25, 0.3) is 6.08 Å². The highest BCUT2D eigenvalue weighted by Gasteiger charge is 2.47. The molecule has 0 aromatic heterocycles. The Kier molecular flexibility index (Phi) is 6.52. The van der Waals surface area contributed by atoms with Crippen molar-refractivity contribution < 1.29 is 24.1 Å². The first-order valence-electron chi connectivity index (χ1n) is 12.4. The molecule has 4 aliphatic rings. The summed E-state index contributed by atoms with van der Waals surface area (Å²) in [7, 11) is 2.96. The SMILES string of the molecule is COc1cc(/C=C\C(=O)OC2CCN3[C@@H]4C[C@@H](C[C@@H]3C2)N2CCCC[C@@H]2C4)cc(OC)c1O. The molecular formula is C26H36N2O5. The van der Waals surface area contributed by atoms with Crippen LogP contribution in [0.4, 0.5) is 0 Å². The molecule has 1 aromatic rings. The second-order valence-electron chi connectivity index (χ2n) is 9.98. The van der Waals surface area contributed by atoms with E-state index in [2.05, 4.69) is 9.80 Å². The predicted octanol–water partition coefficient (Wildman–Crippen LogP) is 3.59. The van der Waals surface area contributed by atoms with Crippen LogP contribution in [0.5, 0.6) is 17.2 Å². The molecule has 180 valence electrons. The minimum atomic E-state index is -0.327. The van der Waals surface area contributed by atoms with E-state index in [9.17, 15) is 9.90 Å². The molecule has 4 heterocycles. The minimum Gasteiger partial charge on any atom is -0.502 e. The maximum absolute atomic E-state index is 12.6. The fourth-order valence-electron chi connectivity index (χ4n) is 6.66. The van der Waals surface area contributed by atoms with E-state index in [-0.39, 0.29) is 17.8 Å². The number of esters is 1. The molecule has 4 fully saturated rings. The molecule has 2 bridgehead atoms. The number of phenols is 1. The van der Waals surface area contributed by atoms with Gasteiger partial charge in [-0.05, 0) is 68.8 Å². The van der Waals surface area contributed by atoms with Crippen LogP contribution in [0.3, 0.4) is 0 Å². The first kappa shape index (κ1) is 22.5. The Morgan fingerprint density at radius 1 is 0.909 bits per heavy atom. The lowest BCUT2D eigenvalue weighted by Crippen LogP contribution is -2.65. The highest BCUT2D eigenvalue weighted by molar-refractivity contribution is 5.87. The highest BCUT2D eigenvalue weighted by atomic mass is 16.5. The molecule has 4 aliphatic heterocycles. The van der Waals surface area contributed by atoms with Gasteiger partial charge in [0.05, 0.1) is 14.2 Å². The van der Waals surface area contributed by atoms with Crippen molar-refractivity contribution in [2.45, 2.75) is 81.6 Å². The normalized spacial score (nSPS) is 32.1. The Balaban J connectivity index is 1.19. The van der Waals surface area contributed by atoms with Gasteiger partial charge in [-0.3, -0.25) is 9.80 Å². The summed E-state index contributed by atoms with van der Waals surface area (Å²) in [6, 6.07) is 6.07. The molecule has 1 N–H and O–H groups in total. The maximum Gasteiger partial charge on any atom is 0.331 e. The molecule has 4 saturated heterocycles. The zero-order valence-electron chi connectivity index (χ0n) is 19.7. The first-order valence-corrected chi connectivity index (χ1v) is 12.4. The number of hydrogen-bond donors (Lipinski definition) is 1. The van der Waals surface area contributed by atoms with E-state index in [0.717, 1.165) is 25.4 Å². The number of fused-ring (bicyclic) bond motifs is 6. The van der Waals surface area contributed by atoms with Crippen molar-refractivity contribution in [1.82, 2.24) is 9.80 Å². The van der Waals surface area contributed by atoms with E-state index in [1.54, 1.807) is 18.2 Å². The summed E-state index contributed by atoms with van der Waals surface area (Å²) >= 11 is 0. The molecule has 0 radical (unpaired) electrons.